The van der Waals surface area contributed by atoms with E-state index < -0.39 is 17.4 Å². The molecule has 7 heteroatoms. The monoisotopic (exact) mass is 356 g/mol. The van der Waals surface area contributed by atoms with Crippen LogP contribution in [0.3, 0.4) is 0 Å². The van der Waals surface area contributed by atoms with E-state index in [0.29, 0.717) is 22.0 Å². The maximum atomic E-state index is 12.8. The molecule has 2 aliphatic heterocycles. The van der Waals surface area contributed by atoms with Gasteiger partial charge in [0.05, 0.1) is 0 Å². The van der Waals surface area contributed by atoms with Gasteiger partial charge in [0.2, 0.25) is 5.54 Å². The van der Waals surface area contributed by atoms with Gasteiger partial charge in [0.25, 0.3) is 11.8 Å². The summed E-state index contributed by atoms with van der Waals surface area (Å²) in [7, 11) is 1.51. The van der Waals surface area contributed by atoms with Crippen LogP contribution < -0.4 is 21.3 Å². The lowest BCUT2D eigenvalue weighted by atomic mass is 9.89. The molecule has 0 unspecified atom stereocenters. The number of nitrogens with one attached hydrogen (secondary N) is 4. The molecule has 0 radical (unpaired) electrons. The Kier molecular flexibility index (Phi) is 3.67. The van der Waals surface area contributed by atoms with Gasteiger partial charge < -0.3 is 21.3 Å². The van der Waals surface area contributed by atoms with Gasteiger partial charge in [-0.15, -0.1) is 0 Å². The molecular formula is C18H17ClN4O2. The number of carbonyl (C=O) groups excluding carboxylic acids is 2. The van der Waals surface area contributed by atoms with E-state index in [0.717, 1.165) is 18.7 Å². The predicted molar refractivity (Wildman–Crippen MR) is 96.4 cm³/mol. The van der Waals surface area contributed by atoms with Crippen LogP contribution in [-0.4, -0.2) is 18.9 Å². The van der Waals surface area contributed by atoms with Crippen molar-refractivity contribution in [3.05, 3.63) is 58.1 Å². The minimum Gasteiger partial charge on any atom is -0.360 e. The second-order valence-electron chi connectivity index (χ2n) is 6.19. The van der Waals surface area contributed by atoms with Crippen LogP contribution in [0, 0.1) is 0 Å². The molecule has 0 fully saturated rings. The normalized spacial score (nSPS) is 20.6. The Labute approximate surface area is 149 Å². The lowest BCUT2D eigenvalue weighted by molar-refractivity contribution is -0.132. The SMILES string of the molecule is CNC(=O)[C@]1(Nc2ccc3c(c2)CNC3)C(=O)Nc2ccc(Cl)cc21. The summed E-state index contributed by atoms with van der Waals surface area (Å²) in [5.41, 5.74) is 2.61. The zero-order valence-corrected chi connectivity index (χ0v) is 14.3. The maximum Gasteiger partial charge on any atom is 0.264 e. The van der Waals surface area contributed by atoms with Crippen LogP contribution >= 0.6 is 11.6 Å². The number of benzene rings is 2. The molecular weight excluding hydrogens is 340 g/mol. The van der Waals surface area contributed by atoms with Gasteiger partial charge >= 0.3 is 0 Å². The minimum atomic E-state index is -1.56. The van der Waals surface area contributed by atoms with Crippen molar-refractivity contribution in [2.24, 2.45) is 0 Å². The Hall–Kier alpha value is -2.57. The first-order valence-electron chi connectivity index (χ1n) is 7.99. The van der Waals surface area contributed by atoms with Gasteiger partial charge in [-0.2, -0.15) is 0 Å². The highest BCUT2D eigenvalue weighted by molar-refractivity contribution is 6.31. The topological polar surface area (TPSA) is 82.3 Å². The number of hydrogen-bond acceptors (Lipinski definition) is 4. The largest absolute Gasteiger partial charge is 0.360 e. The fourth-order valence-corrected chi connectivity index (χ4v) is 3.63. The zero-order chi connectivity index (χ0) is 17.6. The molecule has 2 aliphatic rings. The Morgan fingerprint density at radius 1 is 1.16 bits per heavy atom. The molecule has 2 heterocycles. The van der Waals surface area contributed by atoms with E-state index in [-0.39, 0.29) is 0 Å². The first-order valence-corrected chi connectivity index (χ1v) is 8.37. The molecule has 6 nitrogen and oxygen atoms in total. The van der Waals surface area contributed by atoms with Crippen molar-refractivity contribution in [3.8, 4) is 0 Å². The molecule has 0 aliphatic carbocycles. The predicted octanol–water partition coefficient (Wildman–Crippen LogP) is 1.95. The van der Waals surface area contributed by atoms with Crippen molar-refractivity contribution in [1.82, 2.24) is 10.6 Å². The summed E-state index contributed by atoms with van der Waals surface area (Å²) in [6, 6.07) is 10.9. The van der Waals surface area contributed by atoms with Crippen molar-refractivity contribution < 1.29 is 9.59 Å². The summed E-state index contributed by atoms with van der Waals surface area (Å²) in [4.78, 5) is 25.6. The van der Waals surface area contributed by atoms with Crippen LogP contribution in [0.25, 0.3) is 0 Å². The number of anilines is 2. The standard InChI is InChI=1S/C18H17ClN4O2/c1-20-16(24)18(14-7-12(19)3-5-15(14)22-17(18)25)23-13-4-2-10-8-21-9-11(10)6-13/h2-7,21,23H,8-9H2,1H3,(H,20,24)(H,22,25)/t18-/m0/s1. The molecule has 4 rings (SSSR count). The Bertz CT molecular complexity index is 889. The summed E-state index contributed by atoms with van der Waals surface area (Å²) >= 11 is 6.12. The van der Waals surface area contributed by atoms with Gasteiger partial charge in [-0.05, 0) is 41.5 Å². The number of hydrogen-bond donors (Lipinski definition) is 4. The quantitative estimate of drug-likeness (QED) is 0.634. The molecule has 128 valence electrons. The van der Waals surface area contributed by atoms with Crippen molar-refractivity contribution in [3.63, 3.8) is 0 Å². The molecule has 1 atom stereocenters. The number of carbonyl (C=O) groups is 2. The third-order valence-electron chi connectivity index (χ3n) is 4.71. The van der Waals surface area contributed by atoms with E-state index >= 15 is 0 Å². The second kappa shape index (κ2) is 5.75. The molecule has 0 bridgehead atoms. The zero-order valence-electron chi connectivity index (χ0n) is 13.6. The van der Waals surface area contributed by atoms with Gasteiger partial charge in [-0.3, -0.25) is 9.59 Å². The van der Waals surface area contributed by atoms with Crippen LogP contribution in [0.15, 0.2) is 36.4 Å². The van der Waals surface area contributed by atoms with Gasteiger partial charge in [-0.25, -0.2) is 0 Å². The van der Waals surface area contributed by atoms with Crippen LogP contribution in [0.2, 0.25) is 5.02 Å². The van der Waals surface area contributed by atoms with E-state index in [2.05, 4.69) is 21.3 Å². The van der Waals surface area contributed by atoms with E-state index in [9.17, 15) is 9.59 Å². The molecule has 4 N–H and O–H groups in total. The summed E-state index contributed by atoms with van der Waals surface area (Å²) in [5.74, 6) is -0.868. The fraction of sp³-hybridized carbons (Fsp3) is 0.222. The van der Waals surface area contributed by atoms with Crippen LogP contribution in [0.5, 0.6) is 0 Å². The summed E-state index contributed by atoms with van der Waals surface area (Å²) in [6.45, 7) is 1.60. The van der Waals surface area contributed by atoms with Crippen LogP contribution in [-0.2, 0) is 28.2 Å². The van der Waals surface area contributed by atoms with Crippen LogP contribution in [0.1, 0.15) is 16.7 Å². The lowest BCUT2D eigenvalue weighted by Gasteiger charge is -2.28. The smallest absolute Gasteiger partial charge is 0.264 e. The Morgan fingerprint density at radius 3 is 2.76 bits per heavy atom. The maximum absolute atomic E-state index is 12.8. The lowest BCUT2D eigenvalue weighted by Crippen LogP contribution is -2.53. The van der Waals surface area contributed by atoms with E-state index in [1.165, 1.54) is 12.6 Å². The molecule has 0 saturated heterocycles. The molecule has 0 saturated carbocycles. The summed E-state index contributed by atoms with van der Waals surface area (Å²) in [5, 5.41) is 12.3. The fourth-order valence-electron chi connectivity index (χ4n) is 3.46. The molecule has 0 aromatic heterocycles. The molecule has 2 aromatic carbocycles. The van der Waals surface area contributed by atoms with Crippen molar-refractivity contribution in [2.75, 3.05) is 17.7 Å². The molecule has 0 spiro atoms. The third kappa shape index (κ3) is 2.37. The summed E-state index contributed by atoms with van der Waals surface area (Å²) in [6.07, 6.45) is 0. The van der Waals surface area contributed by atoms with Gasteiger partial charge in [0.1, 0.15) is 0 Å². The first kappa shape index (κ1) is 15.9. The number of rotatable bonds is 3. The highest BCUT2D eigenvalue weighted by atomic mass is 35.5. The van der Waals surface area contributed by atoms with Gasteiger partial charge in [-0.1, -0.05) is 17.7 Å². The van der Waals surface area contributed by atoms with Crippen molar-refractivity contribution in [1.29, 1.82) is 0 Å². The average molecular weight is 357 g/mol. The van der Waals surface area contributed by atoms with Gasteiger partial charge in [0.15, 0.2) is 0 Å². The highest BCUT2D eigenvalue weighted by Crippen LogP contribution is 2.40. The van der Waals surface area contributed by atoms with Crippen molar-refractivity contribution in [2.45, 2.75) is 18.6 Å². The third-order valence-corrected chi connectivity index (χ3v) is 4.95. The highest BCUT2D eigenvalue weighted by Gasteiger charge is 2.53. The summed E-state index contributed by atoms with van der Waals surface area (Å²) < 4.78 is 0. The minimum absolute atomic E-state index is 0.428. The first-order chi connectivity index (χ1) is 12.0. The number of likely N-dealkylation sites (N-methyl/N-ethyl adjacent to an activating group) is 1. The molecule has 2 aromatic rings. The Morgan fingerprint density at radius 2 is 1.96 bits per heavy atom. The second-order valence-corrected chi connectivity index (χ2v) is 6.62. The number of halogens is 1. The van der Waals surface area contributed by atoms with Crippen molar-refractivity contribution >= 4 is 34.8 Å². The van der Waals surface area contributed by atoms with E-state index in [1.807, 2.05) is 18.2 Å². The van der Waals surface area contributed by atoms with Crippen LogP contribution in [0.4, 0.5) is 11.4 Å². The van der Waals surface area contributed by atoms with E-state index in [4.69, 9.17) is 11.6 Å². The van der Waals surface area contributed by atoms with Gasteiger partial charge in [0, 0.05) is 42.1 Å². The Balaban J connectivity index is 1.83. The molecule has 2 amide bonds. The number of amides is 2. The number of fused-ring (bicyclic) bond motifs is 2. The average Bonchev–Trinajstić information content (AvgIpc) is 3.17. The van der Waals surface area contributed by atoms with E-state index in [1.54, 1.807) is 18.2 Å². The molecule has 25 heavy (non-hydrogen) atoms.